The van der Waals surface area contributed by atoms with E-state index in [4.69, 9.17) is 0 Å². The van der Waals surface area contributed by atoms with Crippen molar-refractivity contribution >= 4 is 47.7 Å². The Balaban J connectivity index is 1.92. The van der Waals surface area contributed by atoms with Gasteiger partial charge in [-0.2, -0.15) is 4.99 Å². The van der Waals surface area contributed by atoms with Crippen LogP contribution in [0.15, 0.2) is 53.3 Å². The second-order valence-corrected chi connectivity index (χ2v) is 10.6. The summed E-state index contributed by atoms with van der Waals surface area (Å²) in [5, 5.41) is 23.1. The largest absolute Gasteiger partial charge is 0.481 e. The van der Waals surface area contributed by atoms with E-state index in [0.29, 0.717) is 50.2 Å². The van der Waals surface area contributed by atoms with Crippen molar-refractivity contribution in [3.05, 3.63) is 97.6 Å². The van der Waals surface area contributed by atoms with Crippen molar-refractivity contribution in [2.24, 2.45) is 0 Å². The minimum Gasteiger partial charge on any atom is -0.481 e. The number of amides is 2. The highest BCUT2D eigenvalue weighted by molar-refractivity contribution is 6.24. The van der Waals surface area contributed by atoms with Gasteiger partial charge in [0.15, 0.2) is 0 Å². The van der Waals surface area contributed by atoms with E-state index in [9.17, 15) is 29.4 Å². The molecule has 6 N–H and O–H groups in total. The molecule has 2 aliphatic heterocycles. The Morgan fingerprint density at radius 3 is 1.98 bits per heavy atom. The molecule has 0 radical (unpaired) electrons. The van der Waals surface area contributed by atoms with Crippen LogP contribution in [0.1, 0.15) is 60.3 Å². The lowest BCUT2D eigenvalue weighted by Gasteiger charge is -2.02. The van der Waals surface area contributed by atoms with E-state index >= 15 is 0 Å². The summed E-state index contributed by atoms with van der Waals surface area (Å²) in [5.74, 6) is -2.32. The highest BCUT2D eigenvalue weighted by atomic mass is 16.4. The van der Waals surface area contributed by atoms with E-state index in [2.05, 4.69) is 33.4 Å². The zero-order valence-corrected chi connectivity index (χ0v) is 24.7. The van der Waals surface area contributed by atoms with Crippen molar-refractivity contribution in [1.29, 1.82) is 0 Å². The van der Waals surface area contributed by atoms with E-state index in [1.54, 1.807) is 19.1 Å². The van der Waals surface area contributed by atoms with Crippen molar-refractivity contribution in [2.75, 3.05) is 0 Å². The molecule has 2 aromatic heterocycles. The normalized spacial score (nSPS) is 16.9. The number of carbonyl (C=O) groups is 4. The van der Waals surface area contributed by atoms with Gasteiger partial charge in [-0.1, -0.05) is 25.3 Å². The molecular formula is C33H35N4O6+. The monoisotopic (exact) mass is 583 g/mol. The molecule has 0 saturated carbocycles. The fourth-order valence-corrected chi connectivity index (χ4v) is 5.41. The van der Waals surface area contributed by atoms with Gasteiger partial charge in [-0.05, 0) is 74.9 Å². The van der Waals surface area contributed by atoms with Gasteiger partial charge in [-0.15, -0.1) is 0 Å². The van der Waals surface area contributed by atoms with Gasteiger partial charge in [0.2, 0.25) is 5.71 Å². The van der Waals surface area contributed by atoms with Crippen molar-refractivity contribution in [1.82, 2.24) is 15.3 Å². The van der Waals surface area contributed by atoms with Crippen molar-refractivity contribution in [3.8, 4) is 0 Å². The number of aromatic nitrogens is 2. The predicted molar refractivity (Wildman–Crippen MR) is 163 cm³/mol. The Morgan fingerprint density at radius 2 is 1.40 bits per heavy atom. The molecule has 10 heteroatoms. The molecular weight excluding hydrogens is 548 g/mol. The standard InChI is InChI=1S/C33H34N4O6/c1-7-20-19(6)32(42)37-27(20)14-25-18(5)23(10-12-31(40)41)29(35-25)15-28-22(9-11-30(38)39)17(4)24(34-28)13-26-16(3)21(8-2)33(43)36-26/h7-8,13-15,34-35H,1-2,9-12H2,3-6H3,(H,37,42)(H,38,39)(H,40,41)/p+1. The number of nitrogens with one attached hydrogen (secondary N) is 4. The summed E-state index contributed by atoms with van der Waals surface area (Å²) in [6, 6.07) is 0. The first-order valence-electron chi connectivity index (χ1n) is 13.8. The topological polar surface area (TPSA) is 166 Å². The quantitative estimate of drug-likeness (QED) is 0.232. The molecule has 0 fully saturated rings. The molecule has 0 unspecified atom stereocenters. The van der Waals surface area contributed by atoms with Crippen molar-refractivity contribution in [3.63, 3.8) is 0 Å². The van der Waals surface area contributed by atoms with Gasteiger partial charge in [0, 0.05) is 57.7 Å². The molecule has 2 amide bonds. The van der Waals surface area contributed by atoms with Gasteiger partial charge in [-0.3, -0.25) is 14.4 Å². The highest BCUT2D eigenvalue weighted by Crippen LogP contribution is 2.27. The Bertz CT molecular complexity index is 1860. The SMILES string of the molecule is C=CC1=C(C)C(C=c2[nH]c(=Cc3[nH]c(C=C4NC(=O)C(C)=C4C=C)c(C)c3CCC(=O)O)c(CCC(=O)O)c2C)=[NH+]C1=O. The molecule has 0 atom stereocenters. The van der Waals surface area contributed by atoms with Crippen LogP contribution in [-0.2, 0) is 32.0 Å². The van der Waals surface area contributed by atoms with Crippen LogP contribution < -0.4 is 21.0 Å². The third kappa shape index (κ3) is 6.18. The first-order chi connectivity index (χ1) is 20.4. The van der Waals surface area contributed by atoms with E-state index in [1.165, 1.54) is 6.08 Å². The average molecular weight is 584 g/mol. The van der Waals surface area contributed by atoms with Crippen LogP contribution in [-0.4, -0.2) is 49.6 Å². The Hall–Kier alpha value is -5.25. The van der Waals surface area contributed by atoms with Crippen molar-refractivity contribution in [2.45, 2.75) is 53.4 Å². The minimum atomic E-state index is -0.935. The molecule has 0 aromatic carbocycles. The van der Waals surface area contributed by atoms with Gasteiger partial charge in [0.05, 0.1) is 11.3 Å². The van der Waals surface area contributed by atoms with Crippen LogP contribution in [0.4, 0.5) is 0 Å². The lowest BCUT2D eigenvalue weighted by molar-refractivity contribution is -0.366. The van der Waals surface area contributed by atoms with Gasteiger partial charge in [0.1, 0.15) is 0 Å². The van der Waals surface area contributed by atoms with Gasteiger partial charge in [-0.25, -0.2) is 4.79 Å². The molecule has 4 heterocycles. The number of carbonyl (C=O) groups excluding carboxylic acids is 2. The van der Waals surface area contributed by atoms with E-state index < -0.39 is 11.9 Å². The summed E-state index contributed by atoms with van der Waals surface area (Å²) >= 11 is 0. The number of hydrogen-bond acceptors (Lipinski definition) is 4. The Morgan fingerprint density at radius 1 is 0.767 bits per heavy atom. The number of carboxylic acids is 2. The first kappa shape index (κ1) is 30.7. The minimum absolute atomic E-state index is 0.0888. The summed E-state index contributed by atoms with van der Waals surface area (Å²) in [5.41, 5.74) is 8.27. The molecule has 2 aromatic rings. The van der Waals surface area contributed by atoms with Gasteiger partial charge in [0.25, 0.3) is 5.91 Å². The maximum atomic E-state index is 12.3. The van der Waals surface area contributed by atoms with Gasteiger partial charge >= 0.3 is 17.8 Å². The third-order valence-corrected chi connectivity index (χ3v) is 7.94. The number of allylic oxidation sites excluding steroid dienone is 2. The summed E-state index contributed by atoms with van der Waals surface area (Å²) in [4.78, 5) is 57.2. The van der Waals surface area contributed by atoms with Crippen LogP contribution >= 0.6 is 0 Å². The lowest BCUT2D eigenvalue weighted by atomic mass is 10.0. The van der Waals surface area contributed by atoms with E-state index in [1.807, 2.05) is 32.9 Å². The maximum Gasteiger partial charge on any atom is 0.418 e. The first-order valence-corrected chi connectivity index (χ1v) is 13.8. The fraction of sp³-hybridized carbons (Fsp3) is 0.242. The molecule has 2 aliphatic rings. The third-order valence-electron chi connectivity index (χ3n) is 7.94. The zero-order chi connectivity index (χ0) is 31.6. The maximum absolute atomic E-state index is 12.3. The second kappa shape index (κ2) is 12.3. The molecule has 4 rings (SSSR count). The number of aromatic amines is 2. The smallest absolute Gasteiger partial charge is 0.418 e. The average Bonchev–Trinajstić information content (AvgIpc) is 3.59. The summed E-state index contributed by atoms with van der Waals surface area (Å²) < 4.78 is 0. The fourth-order valence-electron chi connectivity index (χ4n) is 5.41. The molecule has 0 aliphatic carbocycles. The number of hydrogen-bond donors (Lipinski definition) is 6. The molecule has 10 nitrogen and oxygen atoms in total. The molecule has 222 valence electrons. The zero-order valence-electron chi connectivity index (χ0n) is 24.7. The molecule has 43 heavy (non-hydrogen) atoms. The number of rotatable bonds is 11. The Kier molecular flexibility index (Phi) is 8.80. The van der Waals surface area contributed by atoms with Gasteiger partial charge < -0.3 is 25.5 Å². The summed E-state index contributed by atoms with van der Waals surface area (Å²) in [7, 11) is 0. The van der Waals surface area contributed by atoms with E-state index in [-0.39, 0.29) is 37.5 Å². The summed E-state index contributed by atoms with van der Waals surface area (Å²) in [6.07, 6.45) is 8.93. The summed E-state index contributed by atoms with van der Waals surface area (Å²) in [6.45, 7) is 14.8. The van der Waals surface area contributed by atoms with Crippen LogP contribution in [0, 0.1) is 13.8 Å². The second-order valence-electron chi connectivity index (χ2n) is 10.6. The molecule has 0 saturated heterocycles. The number of aliphatic carboxylic acids is 2. The molecule has 0 bridgehead atoms. The predicted octanol–water partition coefficient (Wildman–Crippen LogP) is 1.14. The lowest BCUT2D eigenvalue weighted by Crippen LogP contribution is -2.74. The highest BCUT2D eigenvalue weighted by Gasteiger charge is 2.28. The van der Waals surface area contributed by atoms with Crippen LogP contribution in [0.25, 0.3) is 18.2 Å². The van der Waals surface area contributed by atoms with Crippen molar-refractivity contribution < 1.29 is 34.4 Å². The number of carboxylic acid groups (broad SMARTS) is 2. The van der Waals surface area contributed by atoms with Crippen LogP contribution in [0.5, 0.6) is 0 Å². The van der Waals surface area contributed by atoms with Crippen LogP contribution in [0.3, 0.4) is 0 Å². The van der Waals surface area contributed by atoms with Crippen LogP contribution in [0.2, 0.25) is 0 Å². The Labute approximate surface area is 248 Å². The van der Waals surface area contributed by atoms with E-state index in [0.717, 1.165) is 27.8 Å². The molecule has 0 spiro atoms. The number of H-pyrrole nitrogens is 2.